The van der Waals surface area contributed by atoms with Crippen LogP contribution in [0.1, 0.15) is 35.1 Å². The average Bonchev–Trinajstić information content (AvgIpc) is 3.32. The van der Waals surface area contributed by atoms with Gasteiger partial charge in [-0.2, -0.15) is 5.10 Å². The van der Waals surface area contributed by atoms with Crippen LogP contribution in [0.25, 0.3) is 0 Å². The Hall–Kier alpha value is -2.93. The second-order valence-electron chi connectivity index (χ2n) is 6.33. The van der Waals surface area contributed by atoms with Gasteiger partial charge in [-0.15, -0.1) is 0 Å². The number of carbonyl (C=O) groups excluding carboxylic acids is 1. The number of amides is 1. The predicted molar refractivity (Wildman–Crippen MR) is 99.8 cm³/mol. The molecule has 8 heteroatoms. The minimum absolute atomic E-state index is 0.0525. The second-order valence-corrected chi connectivity index (χ2v) is 6.77. The topological polar surface area (TPSA) is 73.1 Å². The number of ether oxygens (including phenoxy) is 1. The van der Waals surface area contributed by atoms with Crippen molar-refractivity contribution in [3.05, 3.63) is 65.3 Å². The van der Waals surface area contributed by atoms with Crippen molar-refractivity contribution in [1.82, 2.24) is 24.6 Å². The van der Waals surface area contributed by atoms with E-state index in [2.05, 4.69) is 15.1 Å². The summed E-state index contributed by atoms with van der Waals surface area (Å²) in [6.07, 6.45) is 6.62. The molecule has 0 unspecified atom stereocenters. The van der Waals surface area contributed by atoms with Crippen molar-refractivity contribution in [3.63, 3.8) is 0 Å². The maximum Gasteiger partial charge on any atom is 0.272 e. The van der Waals surface area contributed by atoms with Crippen LogP contribution in [0.3, 0.4) is 0 Å². The van der Waals surface area contributed by atoms with Crippen LogP contribution in [0.2, 0.25) is 5.02 Å². The highest BCUT2D eigenvalue weighted by Crippen LogP contribution is 2.33. The van der Waals surface area contributed by atoms with Crippen LogP contribution >= 0.6 is 11.6 Å². The maximum atomic E-state index is 12.9. The molecule has 0 N–H and O–H groups in total. The Morgan fingerprint density at radius 2 is 2.04 bits per heavy atom. The van der Waals surface area contributed by atoms with Gasteiger partial charge < -0.3 is 9.64 Å². The lowest BCUT2D eigenvalue weighted by Crippen LogP contribution is -2.32. The van der Waals surface area contributed by atoms with Crippen LogP contribution in [0.4, 0.5) is 0 Å². The molecule has 3 aromatic rings. The lowest BCUT2D eigenvalue weighted by atomic mass is 10.1. The Labute approximate surface area is 161 Å². The third kappa shape index (κ3) is 3.64. The average molecular weight is 384 g/mol. The molecule has 1 amide bonds. The first-order valence-electron chi connectivity index (χ1n) is 8.66. The minimum atomic E-state index is -0.131. The van der Waals surface area contributed by atoms with Gasteiger partial charge >= 0.3 is 0 Å². The predicted octanol–water partition coefficient (Wildman–Crippen LogP) is 3.63. The number of nitrogens with zero attached hydrogens (tertiary/aromatic N) is 5. The molecule has 1 saturated heterocycles. The van der Waals surface area contributed by atoms with E-state index in [0.29, 0.717) is 28.9 Å². The fourth-order valence-electron chi connectivity index (χ4n) is 3.24. The second kappa shape index (κ2) is 7.36. The molecule has 7 nitrogen and oxygen atoms in total. The number of benzene rings is 1. The number of likely N-dealkylation sites (tertiary alicyclic amines) is 1. The molecule has 3 heterocycles. The van der Waals surface area contributed by atoms with E-state index in [1.807, 2.05) is 4.90 Å². The summed E-state index contributed by atoms with van der Waals surface area (Å²) in [6.45, 7) is 0.679. The molecule has 0 bridgehead atoms. The van der Waals surface area contributed by atoms with Crippen LogP contribution in [0, 0.1) is 0 Å². The van der Waals surface area contributed by atoms with Crippen LogP contribution in [-0.4, -0.2) is 37.1 Å². The quantitative estimate of drug-likeness (QED) is 0.687. The number of hydrogen-bond acceptors (Lipinski definition) is 5. The molecule has 0 aliphatic carbocycles. The van der Waals surface area contributed by atoms with Crippen molar-refractivity contribution in [2.24, 2.45) is 7.05 Å². The zero-order valence-corrected chi connectivity index (χ0v) is 15.5. The number of carbonyl (C=O) groups is 1. The fraction of sp³-hybridized carbons (Fsp3) is 0.263. The Bertz CT molecular complexity index is 957. The molecular formula is C19H18ClN5O2. The standard InChI is InChI=1S/C19H18ClN5O2/c1-24-17(8-9-22-24)19(26)25-10-2-3-16(25)15-11-21-12-18(23-15)27-14-6-4-13(20)5-7-14/h4-9,11-12,16H,2-3,10H2,1H3/t16-/m1/s1. The highest BCUT2D eigenvalue weighted by molar-refractivity contribution is 6.30. The Morgan fingerprint density at radius 1 is 1.22 bits per heavy atom. The minimum Gasteiger partial charge on any atom is -0.437 e. The molecule has 2 aromatic heterocycles. The Kier molecular flexibility index (Phi) is 4.77. The van der Waals surface area contributed by atoms with Crippen LogP contribution < -0.4 is 4.74 Å². The van der Waals surface area contributed by atoms with Gasteiger partial charge in [-0.25, -0.2) is 4.98 Å². The van der Waals surface area contributed by atoms with E-state index in [0.717, 1.165) is 18.5 Å². The van der Waals surface area contributed by atoms with E-state index in [9.17, 15) is 4.79 Å². The monoisotopic (exact) mass is 383 g/mol. The van der Waals surface area contributed by atoms with E-state index in [4.69, 9.17) is 16.3 Å². The molecule has 27 heavy (non-hydrogen) atoms. The zero-order valence-electron chi connectivity index (χ0n) is 14.7. The fourth-order valence-corrected chi connectivity index (χ4v) is 3.37. The first-order valence-corrected chi connectivity index (χ1v) is 9.04. The summed E-state index contributed by atoms with van der Waals surface area (Å²) >= 11 is 5.90. The van der Waals surface area contributed by atoms with E-state index in [1.54, 1.807) is 60.7 Å². The Morgan fingerprint density at radius 3 is 2.78 bits per heavy atom. The van der Waals surface area contributed by atoms with Gasteiger partial charge in [0.25, 0.3) is 5.91 Å². The molecule has 0 saturated carbocycles. The molecule has 1 fully saturated rings. The molecule has 0 spiro atoms. The molecule has 1 aromatic carbocycles. The first-order chi connectivity index (χ1) is 13.1. The first kappa shape index (κ1) is 17.5. The summed E-state index contributed by atoms with van der Waals surface area (Å²) < 4.78 is 7.36. The van der Waals surface area contributed by atoms with E-state index in [1.165, 1.54) is 0 Å². The highest BCUT2D eigenvalue weighted by atomic mass is 35.5. The van der Waals surface area contributed by atoms with Crippen LogP contribution in [0.5, 0.6) is 11.6 Å². The SMILES string of the molecule is Cn1nccc1C(=O)N1CCC[C@@H]1c1cncc(Oc2ccc(Cl)cc2)n1. The molecule has 1 atom stereocenters. The van der Waals surface area contributed by atoms with Crippen molar-refractivity contribution in [2.45, 2.75) is 18.9 Å². The van der Waals surface area contributed by atoms with Gasteiger partial charge in [0.2, 0.25) is 5.88 Å². The summed E-state index contributed by atoms with van der Waals surface area (Å²) in [5, 5.41) is 4.72. The van der Waals surface area contributed by atoms with Crippen molar-refractivity contribution in [1.29, 1.82) is 0 Å². The molecule has 1 aliphatic heterocycles. The van der Waals surface area contributed by atoms with Crippen molar-refractivity contribution in [2.75, 3.05) is 6.54 Å². The summed E-state index contributed by atoms with van der Waals surface area (Å²) in [7, 11) is 1.76. The van der Waals surface area contributed by atoms with Gasteiger partial charge in [0, 0.05) is 24.8 Å². The number of hydrogen-bond donors (Lipinski definition) is 0. The van der Waals surface area contributed by atoms with Crippen molar-refractivity contribution < 1.29 is 9.53 Å². The molecule has 138 valence electrons. The maximum absolute atomic E-state index is 12.9. The van der Waals surface area contributed by atoms with Crippen molar-refractivity contribution >= 4 is 17.5 Å². The summed E-state index contributed by atoms with van der Waals surface area (Å²) in [6, 6.07) is 8.63. The summed E-state index contributed by atoms with van der Waals surface area (Å²) in [5.74, 6) is 0.957. The molecular weight excluding hydrogens is 366 g/mol. The van der Waals surface area contributed by atoms with E-state index >= 15 is 0 Å². The largest absolute Gasteiger partial charge is 0.437 e. The zero-order chi connectivity index (χ0) is 18.8. The number of halogens is 1. The van der Waals surface area contributed by atoms with E-state index in [-0.39, 0.29) is 11.9 Å². The molecule has 0 radical (unpaired) electrons. The van der Waals surface area contributed by atoms with Crippen LogP contribution in [-0.2, 0) is 7.05 Å². The van der Waals surface area contributed by atoms with E-state index < -0.39 is 0 Å². The highest BCUT2D eigenvalue weighted by Gasteiger charge is 2.33. The molecule has 1 aliphatic rings. The summed E-state index contributed by atoms with van der Waals surface area (Å²) in [5.41, 5.74) is 1.28. The number of aromatic nitrogens is 4. The third-order valence-electron chi connectivity index (χ3n) is 4.56. The lowest BCUT2D eigenvalue weighted by molar-refractivity contribution is 0.0721. The van der Waals surface area contributed by atoms with Gasteiger partial charge in [-0.3, -0.25) is 14.5 Å². The smallest absolute Gasteiger partial charge is 0.272 e. The van der Waals surface area contributed by atoms with Crippen LogP contribution in [0.15, 0.2) is 48.9 Å². The normalized spacial score (nSPS) is 16.5. The summed E-state index contributed by atoms with van der Waals surface area (Å²) in [4.78, 5) is 23.5. The number of rotatable bonds is 4. The van der Waals surface area contributed by atoms with Gasteiger partial charge in [-0.1, -0.05) is 11.6 Å². The molecule has 4 rings (SSSR count). The van der Waals surface area contributed by atoms with Gasteiger partial charge in [0.15, 0.2) is 0 Å². The number of aryl methyl sites for hydroxylation is 1. The van der Waals surface area contributed by atoms with Crippen molar-refractivity contribution in [3.8, 4) is 11.6 Å². The third-order valence-corrected chi connectivity index (χ3v) is 4.81. The lowest BCUT2D eigenvalue weighted by Gasteiger charge is -2.24. The van der Waals surface area contributed by atoms with Gasteiger partial charge in [-0.05, 0) is 43.2 Å². The van der Waals surface area contributed by atoms with Gasteiger partial charge in [0.05, 0.1) is 24.1 Å². The van der Waals surface area contributed by atoms with Gasteiger partial charge in [0.1, 0.15) is 11.4 Å². The Balaban J connectivity index is 1.56.